The Morgan fingerprint density at radius 2 is 2.00 bits per heavy atom. The zero-order valence-electron chi connectivity index (χ0n) is 14.5. The van der Waals surface area contributed by atoms with Gasteiger partial charge in [0.15, 0.2) is 0 Å². The van der Waals surface area contributed by atoms with E-state index in [4.69, 9.17) is 4.74 Å². The van der Waals surface area contributed by atoms with Crippen LogP contribution in [0.3, 0.4) is 0 Å². The molecular weight excluding hydrogens is 324 g/mol. The summed E-state index contributed by atoms with van der Waals surface area (Å²) in [6.45, 7) is 6.84. The molecule has 1 aromatic rings. The number of nitrogens with zero attached hydrogens (tertiary/aromatic N) is 1. The van der Waals surface area contributed by atoms with E-state index in [9.17, 15) is 19.5 Å². The summed E-state index contributed by atoms with van der Waals surface area (Å²) in [6.07, 6.45) is 0.582. The fraction of sp³-hybridized carbons (Fsp3) is 0.389. The maximum atomic E-state index is 12.7. The number of carbonyl (C=O) groups is 3. The molecule has 0 bridgehead atoms. The van der Waals surface area contributed by atoms with Crippen LogP contribution >= 0.6 is 0 Å². The number of nitrogens with one attached hydrogen (secondary N) is 1. The van der Waals surface area contributed by atoms with E-state index >= 15 is 0 Å². The van der Waals surface area contributed by atoms with Crippen molar-refractivity contribution in [2.45, 2.75) is 38.9 Å². The SMILES string of the molecule is Cc1ccc2c(c1)C(O)(C1=CCN(C(=O)OC(C)(C)C)C1=O)C(=O)N2. The lowest BCUT2D eigenvalue weighted by Gasteiger charge is -2.25. The molecule has 0 saturated heterocycles. The average Bonchev–Trinajstić information content (AvgIpc) is 2.98. The summed E-state index contributed by atoms with van der Waals surface area (Å²) in [5.74, 6) is -1.44. The summed E-state index contributed by atoms with van der Waals surface area (Å²) in [7, 11) is 0. The highest BCUT2D eigenvalue weighted by Crippen LogP contribution is 2.43. The molecule has 0 aromatic heterocycles. The van der Waals surface area contributed by atoms with Crippen LogP contribution in [0.25, 0.3) is 0 Å². The molecule has 132 valence electrons. The largest absolute Gasteiger partial charge is 0.443 e. The minimum atomic E-state index is -2.12. The predicted molar refractivity (Wildman–Crippen MR) is 89.7 cm³/mol. The molecule has 2 N–H and O–H groups in total. The summed E-state index contributed by atoms with van der Waals surface area (Å²) < 4.78 is 5.20. The second-order valence-corrected chi connectivity index (χ2v) is 7.23. The molecule has 25 heavy (non-hydrogen) atoms. The van der Waals surface area contributed by atoms with Crippen molar-refractivity contribution in [3.8, 4) is 0 Å². The second-order valence-electron chi connectivity index (χ2n) is 7.23. The number of hydrogen-bond acceptors (Lipinski definition) is 5. The highest BCUT2D eigenvalue weighted by molar-refractivity contribution is 6.16. The van der Waals surface area contributed by atoms with Crippen LogP contribution in [-0.2, 0) is 19.9 Å². The van der Waals surface area contributed by atoms with Crippen molar-refractivity contribution in [1.82, 2.24) is 4.90 Å². The zero-order chi connectivity index (χ0) is 18.6. The van der Waals surface area contributed by atoms with Gasteiger partial charge in [0.05, 0.1) is 12.1 Å². The van der Waals surface area contributed by atoms with Crippen molar-refractivity contribution >= 4 is 23.6 Å². The zero-order valence-corrected chi connectivity index (χ0v) is 14.5. The first kappa shape index (κ1) is 17.2. The first-order chi connectivity index (χ1) is 11.5. The Hall–Kier alpha value is -2.67. The van der Waals surface area contributed by atoms with Crippen LogP contribution in [0.15, 0.2) is 29.8 Å². The Kier molecular flexibility index (Phi) is 3.72. The first-order valence-electron chi connectivity index (χ1n) is 7.94. The van der Waals surface area contributed by atoms with E-state index in [2.05, 4.69) is 5.32 Å². The molecule has 2 aliphatic heterocycles. The standard InChI is InChI=1S/C18H20N2O5/c1-10-5-6-13-12(9-10)18(24,15(22)19-13)11-7-8-20(14(11)21)16(23)25-17(2,3)4/h5-7,9,24H,8H2,1-4H3,(H,19,22). The molecule has 0 fully saturated rings. The third-order valence-corrected chi connectivity index (χ3v) is 4.10. The van der Waals surface area contributed by atoms with Crippen molar-refractivity contribution in [3.63, 3.8) is 0 Å². The van der Waals surface area contributed by atoms with Crippen molar-refractivity contribution in [3.05, 3.63) is 41.0 Å². The fourth-order valence-electron chi connectivity index (χ4n) is 2.94. The van der Waals surface area contributed by atoms with Crippen LogP contribution in [0, 0.1) is 6.92 Å². The number of ether oxygens (including phenoxy) is 1. The van der Waals surface area contributed by atoms with Crippen LogP contribution < -0.4 is 5.32 Å². The molecule has 7 nitrogen and oxygen atoms in total. The van der Waals surface area contributed by atoms with E-state index in [-0.39, 0.29) is 12.1 Å². The number of anilines is 1. The monoisotopic (exact) mass is 344 g/mol. The van der Waals surface area contributed by atoms with Crippen LogP contribution in [0.4, 0.5) is 10.5 Å². The Morgan fingerprint density at radius 3 is 2.64 bits per heavy atom. The summed E-state index contributed by atoms with van der Waals surface area (Å²) in [6, 6.07) is 5.12. The fourth-order valence-corrected chi connectivity index (χ4v) is 2.94. The number of hydrogen-bond donors (Lipinski definition) is 2. The lowest BCUT2D eigenvalue weighted by molar-refractivity contribution is -0.136. The van der Waals surface area contributed by atoms with Gasteiger partial charge >= 0.3 is 6.09 Å². The van der Waals surface area contributed by atoms with Crippen LogP contribution in [0.1, 0.15) is 31.9 Å². The van der Waals surface area contributed by atoms with Gasteiger partial charge in [-0.1, -0.05) is 23.8 Å². The van der Waals surface area contributed by atoms with Gasteiger partial charge in [-0.05, 0) is 33.8 Å². The molecule has 3 rings (SSSR count). The van der Waals surface area contributed by atoms with Gasteiger partial charge in [0.1, 0.15) is 5.60 Å². The Labute approximate surface area is 145 Å². The smallest absolute Gasteiger partial charge is 0.417 e. The Morgan fingerprint density at radius 1 is 1.32 bits per heavy atom. The van der Waals surface area contributed by atoms with Crippen molar-refractivity contribution in [1.29, 1.82) is 0 Å². The van der Waals surface area contributed by atoms with Gasteiger partial charge in [-0.3, -0.25) is 9.59 Å². The van der Waals surface area contributed by atoms with Gasteiger partial charge in [0.2, 0.25) is 5.60 Å². The quantitative estimate of drug-likeness (QED) is 0.810. The number of rotatable bonds is 1. The highest BCUT2D eigenvalue weighted by atomic mass is 16.6. The molecule has 0 spiro atoms. The minimum Gasteiger partial charge on any atom is -0.443 e. The second kappa shape index (κ2) is 5.42. The number of benzene rings is 1. The summed E-state index contributed by atoms with van der Waals surface area (Å²) in [5, 5.41) is 13.6. The molecule has 2 heterocycles. The van der Waals surface area contributed by atoms with E-state index in [1.54, 1.807) is 39.0 Å². The third kappa shape index (κ3) is 2.70. The Balaban J connectivity index is 1.94. The summed E-state index contributed by atoms with van der Waals surface area (Å²) in [5.41, 5.74) is -1.42. The number of imide groups is 1. The van der Waals surface area contributed by atoms with E-state index in [1.165, 1.54) is 6.08 Å². The lowest BCUT2D eigenvalue weighted by atomic mass is 9.86. The molecule has 2 aliphatic rings. The normalized spacial score (nSPS) is 22.6. The number of aryl methyl sites for hydroxylation is 1. The minimum absolute atomic E-state index is 0.0557. The van der Waals surface area contributed by atoms with Crippen LogP contribution in [0.5, 0.6) is 0 Å². The van der Waals surface area contributed by atoms with Gasteiger partial charge < -0.3 is 15.2 Å². The van der Waals surface area contributed by atoms with Gasteiger partial charge in [-0.15, -0.1) is 0 Å². The number of carbonyl (C=O) groups excluding carboxylic acids is 3. The predicted octanol–water partition coefficient (Wildman–Crippen LogP) is 1.84. The van der Waals surface area contributed by atoms with Crippen LogP contribution in [-0.4, -0.2) is 40.1 Å². The molecule has 0 radical (unpaired) electrons. The van der Waals surface area contributed by atoms with E-state index < -0.39 is 29.1 Å². The van der Waals surface area contributed by atoms with Gasteiger partial charge in [0, 0.05) is 11.3 Å². The average molecular weight is 344 g/mol. The molecule has 1 atom stereocenters. The van der Waals surface area contributed by atoms with Crippen LogP contribution in [0.2, 0.25) is 0 Å². The van der Waals surface area contributed by atoms with Gasteiger partial charge in [-0.2, -0.15) is 0 Å². The lowest BCUT2D eigenvalue weighted by Crippen LogP contribution is -2.44. The summed E-state index contributed by atoms with van der Waals surface area (Å²) in [4.78, 5) is 38.2. The van der Waals surface area contributed by atoms with Crippen molar-refractivity contribution in [2.24, 2.45) is 0 Å². The van der Waals surface area contributed by atoms with Gasteiger partial charge in [-0.25, -0.2) is 9.69 Å². The highest BCUT2D eigenvalue weighted by Gasteiger charge is 2.53. The van der Waals surface area contributed by atoms with Gasteiger partial charge in [0.25, 0.3) is 11.8 Å². The molecule has 0 aliphatic carbocycles. The van der Waals surface area contributed by atoms with E-state index in [1.807, 2.05) is 6.92 Å². The van der Waals surface area contributed by atoms with E-state index in [0.29, 0.717) is 11.3 Å². The molecule has 1 unspecified atom stereocenters. The maximum absolute atomic E-state index is 12.7. The third-order valence-electron chi connectivity index (χ3n) is 4.10. The maximum Gasteiger partial charge on any atom is 0.417 e. The topological polar surface area (TPSA) is 95.9 Å². The van der Waals surface area contributed by atoms with E-state index in [0.717, 1.165) is 10.5 Å². The number of amides is 3. The van der Waals surface area contributed by atoms with Crippen molar-refractivity contribution in [2.75, 3.05) is 11.9 Å². The molecule has 0 saturated carbocycles. The number of aliphatic hydroxyl groups is 1. The molecule has 7 heteroatoms. The number of fused-ring (bicyclic) bond motifs is 1. The molecule has 1 aromatic carbocycles. The molecular formula is C18H20N2O5. The van der Waals surface area contributed by atoms with Crippen molar-refractivity contribution < 1.29 is 24.2 Å². The Bertz CT molecular complexity index is 821. The summed E-state index contributed by atoms with van der Waals surface area (Å²) >= 11 is 0. The first-order valence-corrected chi connectivity index (χ1v) is 7.94. The molecule has 3 amide bonds.